The molecule has 0 radical (unpaired) electrons. The van der Waals surface area contributed by atoms with Crippen molar-refractivity contribution < 1.29 is 9.90 Å². The minimum absolute atomic E-state index is 0.159. The molecule has 88 valence electrons. The van der Waals surface area contributed by atoms with Crippen LogP contribution in [-0.4, -0.2) is 41.5 Å². The van der Waals surface area contributed by atoms with Crippen LogP contribution in [0.15, 0.2) is 17.5 Å². The normalized spacial score (nSPS) is 21.4. The van der Waals surface area contributed by atoms with Crippen molar-refractivity contribution in [3.8, 4) is 0 Å². The van der Waals surface area contributed by atoms with E-state index in [-0.39, 0.29) is 11.9 Å². The van der Waals surface area contributed by atoms with E-state index in [9.17, 15) is 9.90 Å². The number of carbonyl (C=O) groups excluding carboxylic acids is 1. The summed E-state index contributed by atoms with van der Waals surface area (Å²) in [5.74, 6) is 0.245. The van der Waals surface area contributed by atoms with E-state index in [1.54, 1.807) is 0 Å². The minimum atomic E-state index is -0.159. The van der Waals surface area contributed by atoms with Gasteiger partial charge in [-0.3, -0.25) is 4.79 Å². The maximum atomic E-state index is 11.7. The summed E-state index contributed by atoms with van der Waals surface area (Å²) in [6, 6.07) is 3.79. The van der Waals surface area contributed by atoms with Gasteiger partial charge < -0.3 is 10.0 Å². The van der Waals surface area contributed by atoms with Crippen LogP contribution in [0.1, 0.15) is 28.9 Å². The Labute approximate surface area is 99.7 Å². The Morgan fingerprint density at radius 3 is 3.12 bits per heavy atom. The van der Waals surface area contributed by atoms with Gasteiger partial charge in [0, 0.05) is 19.5 Å². The van der Waals surface area contributed by atoms with Gasteiger partial charge in [-0.1, -0.05) is 6.07 Å². The van der Waals surface area contributed by atoms with Crippen LogP contribution >= 0.6 is 11.3 Å². The molecule has 0 bridgehead atoms. The molecule has 1 aliphatic rings. The largest absolute Gasteiger partial charge is 0.392 e. The molecule has 4 heteroatoms. The quantitative estimate of drug-likeness (QED) is 0.796. The summed E-state index contributed by atoms with van der Waals surface area (Å²) < 4.78 is 0. The minimum Gasteiger partial charge on any atom is -0.392 e. The number of hydrogen-bond donors (Lipinski definition) is 1. The van der Waals surface area contributed by atoms with Gasteiger partial charge in [-0.25, -0.2) is 0 Å². The predicted molar refractivity (Wildman–Crippen MR) is 64.9 cm³/mol. The highest BCUT2D eigenvalue weighted by molar-refractivity contribution is 7.12. The first kappa shape index (κ1) is 11.8. The molecule has 0 aromatic carbocycles. The van der Waals surface area contributed by atoms with Crippen LogP contribution < -0.4 is 0 Å². The molecule has 1 aliphatic heterocycles. The number of rotatable bonds is 5. The number of carbonyl (C=O) groups is 1. The smallest absolute Gasteiger partial charge is 0.172 e. The SMILES string of the molecule is O=C(CCCN1CCC(O)C1)c1cccs1. The third-order valence-electron chi connectivity index (χ3n) is 2.92. The zero-order valence-electron chi connectivity index (χ0n) is 9.26. The van der Waals surface area contributed by atoms with Gasteiger partial charge in [0.1, 0.15) is 0 Å². The topological polar surface area (TPSA) is 40.5 Å². The van der Waals surface area contributed by atoms with Crippen molar-refractivity contribution in [2.45, 2.75) is 25.4 Å². The summed E-state index contributed by atoms with van der Waals surface area (Å²) >= 11 is 1.51. The van der Waals surface area contributed by atoms with Gasteiger partial charge in [0.05, 0.1) is 11.0 Å². The van der Waals surface area contributed by atoms with Crippen LogP contribution in [0.4, 0.5) is 0 Å². The molecule has 1 unspecified atom stereocenters. The zero-order chi connectivity index (χ0) is 11.4. The molecule has 16 heavy (non-hydrogen) atoms. The van der Waals surface area contributed by atoms with Gasteiger partial charge in [0.2, 0.25) is 0 Å². The second-order valence-corrected chi connectivity index (χ2v) is 5.19. The van der Waals surface area contributed by atoms with E-state index in [1.807, 2.05) is 17.5 Å². The first-order valence-electron chi connectivity index (χ1n) is 5.73. The second kappa shape index (κ2) is 5.57. The number of ketones is 1. The average Bonchev–Trinajstić information content (AvgIpc) is 2.89. The highest BCUT2D eigenvalue weighted by Gasteiger charge is 2.19. The van der Waals surface area contributed by atoms with Crippen LogP contribution in [0, 0.1) is 0 Å². The maximum Gasteiger partial charge on any atom is 0.172 e. The Bertz CT molecular complexity index is 337. The Morgan fingerprint density at radius 2 is 2.50 bits per heavy atom. The lowest BCUT2D eigenvalue weighted by Gasteiger charge is -2.13. The molecule has 2 rings (SSSR count). The molecule has 1 aromatic heterocycles. The second-order valence-electron chi connectivity index (χ2n) is 4.25. The standard InChI is InChI=1S/C12H17NO2S/c14-10-5-7-13(9-10)6-1-3-11(15)12-4-2-8-16-12/h2,4,8,10,14H,1,3,5-7,9H2. The monoisotopic (exact) mass is 239 g/mol. The Hall–Kier alpha value is -0.710. The number of Topliss-reactive ketones (excluding diaryl/α,β-unsaturated/α-hetero) is 1. The molecular formula is C12H17NO2S. The predicted octanol–water partition coefficient (Wildman–Crippen LogP) is 1.78. The van der Waals surface area contributed by atoms with Crippen molar-refractivity contribution in [1.82, 2.24) is 4.90 Å². The molecule has 3 nitrogen and oxygen atoms in total. The van der Waals surface area contributed by atoms with Crippen molar-refractivity contribution in [3.63, 3.8) is 0 Å². The Morgan fingerprint density at radius 1 is 1.62 bits per heavy atom. The molecule has 0 saturated carbocycles. The lowest BCUT2D eigenvalue weighted by molar-refractivity contribution is 0.0979. The molecule has 1 N–H and O–H groups in total. The molecule has 2 heterocycles. The van der Waals surface area contributed by atoms with Crippen LogP contribution in [0.2, 0.25) is 0 Å². The van der Waals surface area contributed by atoms with Gasteiger partial charge in [-0.2, -0.15) is 0 Å². The van der Waals surface area contributed by atoms with E-state index >= 15 is 0 Å². The van der Waals surface area contributed by atoms with E-state index in [1.165, 1.54) is 11.3 Å². The highest BCUT2D eigenvalue weighted by atomic mass is 32.1. The first-order valence-corrected chi connectivity index (χ1v) is 6.61. The Kier molecular flexibility index (Phi) is 4.09. The van der Waals surface area contributed by atoms with Gasteiger partial charge in [0.25, 0.3) is 0 Å². The number of aliphatic hydroxyl groups excluding tert-OH is 1. The summed E-state index contributed by atoms with van der Waals surface area (Å²) in [7, 11) is 0. The maximum absolute atomic E-state index is 11.7. The van der Waals surface area contributed by atoms with E-state index < -0.39 is 0 Å². The Balaban J connectivity index is 1.67. The zero-order valence-corrected chi connectivity index (χ0v) is 10.1. The van der Waals surface area contributed by atoms with E-state index in [2.05, 4.69) is 4.90 Å². The van der Waals surface area contributed by atoms with Crippen molar-refractivity contribution in [2.75, 3.05) is 19.6 Å². The number of likely N-dealkylation sites (tertiary alicyclic amines) is 1. The fourth-order valence-electron chi connectivity index (χ4n) is 2.04. The van der Waals surface area contributed by atoms with Crippen molar-refractivity contribution in [2.24, 2.45) is 0 Å². The van der Waals surface area contributed by atoms with Gasteiger partial charge in [0.15, 0.2) is 5.78 Å². The third kappa shape index (κ3) is 3.14. The number of hydrogen-bond acceptors (Lipinski definition) is 4. The number of thiophene rings is 1. The summed E-state index contributed by atoms with van der Waals surface area (Å²) in [4.78, 5) is 14.8. The first-order chi connectivity index (χ1) is 7.75. The van der Waals surface area contributed by atoms with Crippen LogP contribution in [-0.2, 0) is 0 Å². The fraction of sp³-hybridized carbons (Fsp3) is 0.583. The van der Waals surface area contributed by atoms with Crippen molar-refractivity contribution in [1.29, 1.82) is 0 Å². The van der Waals surface area contributed by atoms with E-state index in [0.717, 1.165) is 37.4 Å². The molecule has 1 aromatic rings. The summed E-state index contributed by atoms with van der Waals surface area (Å²) in [6.07, 6.45) is 2.23. The molecule has 0 spiro atoms. The molecule has 1 atom stereocenters. The van der Waals surface area contributed by atoms with Gasteiger partial charge in [-0.05, 0) is 30.8 Å². The highest BCUT2D eigenvalue weighted by Crippen LogP contribution is 2.14. The van der Waals surface area contributed by atoms with Crippen LogP contribution in [0.3, 0.4) is 0 Å². The fourth-order valence-corrected chi connectivity index (χ4v) is 2.73. The lowest BCUT2D eigenvalue weighted by Crippen LogP contribution is -2.23. The summed E-state index contributed by atoms with van der Waals surface area (Å²) in [5.41, 5.74) is 0. The summed E-state index contributed by atoms with van der Waals surface area (Å²) in [6.45, 7) is 2.66. The molecule has 0 aliphatic carbocycles. The third-order valence-corrected chi connectivity index (χ3v) is 3.83. The average molecular weight is 239 g/mol. The van der Waals surface area contributed by atoms with E-state index in [0.29, 0.717) is 6.42 Å². The summed E-state index contributed by atoms with van der Waals surface area (Å²) in [5, 5.41) is 11.3. The van der Waals surface area contributed by atoms with Gasteiger partial charge in [-0.15, -0.1) is 11.3 Å². The van der Waals surface area contributed by atoms with Crippen molar-refractivity contribution in [3.05, 3.63) is 22.4 Å². The number of β-amino-alcohol motifs (C(OH)–C–C–N with tert-alkyl or cyclic N) is 1. The van der Waals surface area contributed by atoms with E-state index in [4.69, 9.17) is 0 Å². The molecular weight excluding hydrogens is 222 g/mol. The molecule has 1 saturated heterocycles. The molecule has 1 fully saturated rings. The lowest BCUT2D eigenvalue weighted by atomic mass is 10.2. The van der Waals surface area contributed by atoms with Crippen LogP contribution in [0.5, 0.6) is 0 Å². The van der Waals surface area contributed by atoms with Crippen molar-refractivity contribution >= 4 is 17.1 Å². The molecule has 0 amide bonds. The number of aliphatic hydroxyl groups is 1. The van der Waals surface area contributed by atoms with Gasteiger partial charge >= 0.3 is 0 Å². The number of nitrogens with zero attached hydrogens (tertiary/aromatic N) is 1. The van der Waals surface area contributed by atoms with Crippen LogP contribution in [0.25, 0.3) is 0 Å².